The summed E-state index contributed by atoms with van der Waals surface area (Å²) in [6.45, 7) is 3.98. The number of carbonyl (C=O) groups is 1. The zero-order chi connectivity index (χ0) is 18.8. The molecule has 1 unspecified atom stereocenters. The number of rotatable bonds is 5. The van der Waals surface area contributed by atoms with Crippen LogP contribution in [0, 0.1) is 0 Å². The van der Waals surface area contributed by atoms with E-state index in [0.717, 1.165) is 21.9 Å². The Labute approximate surface area is 166 Å². The van der Waals surface area contributed by atoms with E-state index < -0.39 is 6.10 Å². The number of nitrogens with zero attached hydrogens (tertiary/aromatic N) is 2. The molecule has 1 atom stereocenters. The molecule has 2 aromatic rings. The molecule has 0 aliphatic carbocycles. The van der Waals surface area contributed by atoms with Crippen LogP contribution in [0.15, 0.2) is 35.5 Å². The molecule has 4 rings (SSSR count). The van der Waals surface area contributed by atoms with Crippen LogP contribution >= 0.6 is 22.9 Å². The van der Waals surface area contributed by atoms with Gasteiger partial charge in [-0.2, -0.15) is 0 Å². The van der Waals surface area contributed by atoms with Gasteiger partial charge in [-0.05, 0) is 25.1 Å². The molecule has 2 aliphatic heterocycles. The maximum Gasteiger partial charge on any atom is 0.267 e. The van der Waals surface area contributed by atoms with Gasteiger partial charge in [0.25, 0.3) is 5.91 Å². The summed E-state index contributed by atoms with van der Waals surface area (Å²) < 4.78 is 12.1. The topological polar surface area (TPSA) is 60.4 Å². The second kappa shape index (κ2) is 7.78. The molecule has 2 aliphatic rings. The molecule has 1 aromatic carbocycles. The number of thiophene rings is 1. The zero-order valence-electron chi connectivity index (χ0n) is 14.8. The molecule has 0 fully saturated rings. The number of amides is 1. The Morgan fingerprint density at radius 3 is 2.93 bits per heavy atom. The van der Waals surface area contributed by atoms with Crippen LogP contribution < -0.4 is 9.47 Å². The first-order valence-electron chi connectivity index (χ1n) is 8.80. The van der Waals surface area contributed by atoms with Crippen molar-refractivity contribution in [3.05, 3.63) is 45.1 Å². The average Bonchev–Trinajstić information content (AvgIpc) is 3.34. The fraction of sp³-hybridized carbons (Fsp3) is 0.368. The van der Waals surface area contributed by atoms with Crippen LogP contribution in [0.4, 0.5) is 0 Å². The van der Waals surface area contributed by atoms with Crippen molar-refractivity contribution in [1.82, 2.24) is 4.90 Å². The first kappa shape index (κ1) is 18.1. The lowest BCUT2D eigenvalue weighted by molar-refractivity contribution is -0.142. The molecule has 0 saturated carbocycles. The summed E-state index contributed by atoms with van der Waals surface area (Å²) in [6, 6.07) is 9.46. The Kier molecular flexibility index (Phi) is 5.22. The van der Waals surface area contributed by atoms with Gasteiger partial charge in [-0.15, -0.1) is 11.3 Å². The van der Waals surface area contributed by atoms with Gasteiger partial charge < -0.3 is 19.2 Å². The highest BCUT2D eigenvalue weighted by molar-refractivity contribution is 7.18. The molecule has 0 N–H and O–H groups in total. The summed E-state index contributed by atoms with van der Waals surface area (Å²) in [5.74, 6) is 1.35. The molecule has 8 heteroatoms. The monoisotopic (exact) mass is 406 g/mol. The van der Waals surface area contributed by atoms with Crippen molar-refractivity contribution in [2.45, 2.75) is 26.0 Å². The van der Waals surface area contributed by atoms with Crippen LogP contribution in [0.5, 0.6) is 11.5 Å². The molecule has 142 valence electrons. The molecule has 6 nitrogen and oxygen atoms in total. The number of oxime groups is 1. The standard InChI is InChI=1S/C19H19ClN2O4S/c1-2-22(11-12-4-3-5-14-18(12)25-9-8-24-14)19(23)15-10-13(21-26-15)16-6-7-17(20)27-16/h3-7,15H,2,8-11H2,1H3. The number of ether oxygens (including phenoxy) is 2. The van der Waals surface area contributed by atoms with E-state index in [0.29, 0.717) is 42.8 Å². The van der Waals surface area contributed by atoms with E-state index in [2.05, 4.69) is 5.16 Å². The molecule has 1 amide bonds. The Morgan fingerprint density at radius 1 is 1.30 bits per heavy atom. The van der Waals surface area contributed by atoms with E-state index in [4.69, 9.17) is 25.9 Å². The zero-order valence-corrected chi connectivity index (χ0v) is 16.4. The van der Waals surface area contributed by atoms with E-state index in [1.165, 1.54) is 11.3 Å². The van der Waals surface area contributed by atoms with Gasteiger partial charge in [0.1, 0.15) is 18.9 Å². The molecule has 0 spiro atoms. The van der Waals surface area contributed by atoms with Crippen molar-refractivity contribution in [3.63, 3.8) is 0 Å². The highest BCUT2D eigenvalue weighted by atomic mass is 35.5. The molecule has 0 radical (unpaired) electrons. The first-order valence-corrected chi connectivity index (χ1v) is 10.00. The largest absolute Gasteiger partial charge is 0.486 e. The smallest absolute Gasteiger partial charge is 0.267 e. The van der Waals surface area contributed by atoms with Gasteiger partial charge in [0.2, 0.25) is 6.10 Å². The van der Waals surface area contributed by atoms with Crippen LogP contribution in [-0.4, -0.2) is 42.4 Å². The summed E-state index contributed by atoms with van der Waals surface area (Å²) in [5, 5.41) is 4.09. The first-order chi connectivity index (χ1) is 13.2. The second-order valence-electron chi connectivity index (χ2n) is 6.23. The molecule has 3 heterocycles. The van der Waals surface area contributed by atoms with Crippen molar-refractivity contribution in [3.8, 4) is 11.5 Å². The fourth-order valence-corrected chi connectivity index (χ4v) is 4.17. The molecule has 0 bridgehead atoms. The summed E-state index contributed by atoms with van der Waals surface area (Å²) in [4.78, 5) is 21.1. The van der Waals surface area contributed by atoms with Crippen molar-refractivity contribution >= 4 is 34.6 Å². The van der Waals surface area contributed by atoms with Gasteiger partial charge in [-0.25, -0.2) is 0 Å². The molecule has 0 saturated heterocycles. The van der Waals surface area contributed by atoms with E-state index >= 15 is 0 Å². The number of likely N-dealkylation sites (N-methyl/N-ethyl adjacent to an activating group) is 1. The number of hydrogen-bond acceptors (Lipinski definition) is 6. The minimum atomic E-state index is -0.613. The van der Waals surface area contributed by atoms with Crippen LogP contribution in [0.2, 0.25) is 4.34 Å². The summed E-state index contributed by atoms with van der Waals surface area (Å²) in [7, 11) is 0. The van der Waals surface area contributed by atoms with Crippen LogP contribution in [0.25, 0.3) is 0 Å². The maximum atomic E-state index is 13.0. The highest BCUT2D eigenvalue weighted by Gasteiger charge is 2.33. The molecular formula is C19H19ClN2O4S. The van der Waals surface area contributed by atoms with E-state index in [-0.39, 0.29) is 5.91 Å². The van der Waals surface area contributed by atoms with Gasteiger partial charge in [0.05, 0.1) is 9.21 Å². The Balaban J connectivity index is 1.45. The van der Waals surface area contributed by atoms with Crippen LogP contribution in [0.1, 0.15) is 23.8 Å². The number of halogens is 1. The summed E-state index contributed by atoms with van der Waals surface area (Å²) in [6.07, 6.45) is -0.170. The van der Waals surface area contributed by atoms with Gasteiger partial charge in [-0.3, -0.25) is 4.79 Å². The lowest BCUT2D eigenvalue weighted by Crippen LogP contribution is -2.39. The quantitative estimate of drug-likeness (QED) is 0.759. The predicted molar refractivity (Wildman–Crippen MR) is 104 cm³/mol. The van der Waals surface area contributed by atoms with Crippen molar-refractivity contribution in [1.29, 1.82) is 0 Å². The Hall–Kier alpha value is -2.25. The number of fused-ring (bicyclic) bond motifs is 1. The second-order valence-corrected chi connectivity index (χ2v) is 7.95. The molecular weight excluding hydrogens is 388 g/mol. The normalized spacial score (nSPS) is 18.0. The third-order valence-corrected chi connectivity index (χ3v) is 5.78. The van der Waals surface area contributed by atoms with Crippen LogP contribution in [0.3, 0.4) is 0 Å². The SMILES string of the molecule is CCN(Cc1cccc2c1OCCO2)C(=O)C1CC(c2ccc(Cl)s2)=NO1. The number of hydrogen-bond donors (Lipinski definition) is 0. The summed E-state index contributed by atoms with van der Waals surface area (Å²) in [5.41, 5.74) is 1.68. The Morgan fingerprint density at radius 2 is 2.15 bits per heavy atom. The van der Waals surface area contributed by atoms with Crippen molar-refractivity contribution < 1.29 is 19.1 Å². The van der Waals surface area contributed by atoms with E-state index in [1.54, 1.807) is 4.90 Å². The number of benzene rings is 1. The van der Waals surface area contributed by atoms with Crippen LogP contribution in [-0.2, 0) is 16.2 Å². The van der Waals surface area contributed by atoms with Gasteiger partial charge in [0, 0.05) is 25.1 Å². The minimum Gasteiger partial charge on any atom is -0.486 e. The maximum absolute atomic E-state index is 13.0. The molecule has 27 heavy (non-hydrogen) atoms. The Bertz CT molecular complexity index is 882. The number of para-hydroxylation sites is 1. The predicted octanol–water partition coefficient (Wildman–Crippen LogP) is 3.71. The van der Waals surface area contributed by atoms with Gasteiger partial charge in [0.15, 0.2) is 11.5 Å². The van der Waals surface area contributed by atoms with E-state index in [1.807, 2.05) is 37.3 Å². The fourth-order valence-electron chi connectivity index (χ4n) is 3.14. The van der Waals surface area contributed by atoms with Gasteiger partial charge in [-0.1, -0.05) is 28.9 Å². The average molecular weight is 407 g/mol. The summed E-state index contributed by atoms with van der Waals surface area (Å²) >= 11 is 7.41. The minimum absolute atomic E-state index is 0.0896. The molecule has 1 aromatic heterocycles. The van der Waals surface area contributed by atoms with E-state index in [9.17, 15) is 4.79 Å². The lowest BCUT2D eigenvalue weighted by atomic mass is 10.1. The number of carbonyl (C=O) groups excluding carboxylic acids is 1. The van der Waals surface area contributed by atoms with Crippen molar-refractivity contribution in [2.75, 3.05) is 19.8 Å². The third kappa shape index (κ3) is 3.75. The van der Waals surface area contributed by atoms with Gasteiger partial charge >= 0.3 is 0 Å². The highest BCUT2D eigenvalue weighted by Crippen LogP contribution is 2.34. The van der Waals surface area contributed by atoms with Crippen molar-refractivity contribution in [2.24, 2.45) is 5.16 Å². The third-order valence-electron chi connectivity index (χ3n) is 4.50. The lowest BCUT2D eigenvalue weighted by Gasteiger charge is -2.26.